The lowest BCUT2D eigenvalue weighted by molar-refractivity contribution is -0.384. The highest BCUT2D eigenvalue weighted by Gasteiger charge is 2.12. The maximum atomic E-state index is 12.8. The van der Waals surface area contributed by atoms with Crippen LogP contribution in [0.3, 0.4) is 0 Å². The third-order valence-corrected chi connectivity index (χ3v) is 3.70. The second-order valence-electron chi connectivity index (χ2n) is 5.42. The van der Waals surface area contributed by atoms with Gasteiger partial charge in [-0.3, -0.25) is 14.9 Å². The summed E-state index contributed by atoms with van der Waals surface area (Å²) in [6.45, 7) is 0. The molecule has 128 valence electrons. The molecular formula is C20H15N3O3. The van der Waals surface area contributed by atoms with Crippen LogP contribution in [0.5, 0.6) is 0 Å². The van der Waals surface area contributed by atoms with Gasteiger partial charge in [0.2, 0.25) is 5.78 Å². The van der Waals surface area contributed by atoms with E-state index >= 15 is 0 Å². The van der Waals surface area contributed by atoms with E-state index in [1.165, 1.54) is 12.1 Å². The van der Waals surface area contributed by atoms with Crippen LogP contribution in [0.25, 0.3) is 11.8 Å². The zero-order valence-corrected chi connectivity index (χ0v) is 13.7. The Morgan fingerprint density at radius 1 is 1.08 bits per heavy atom. The second-order valence-corrected chi connectivity index (χ2v) is 5.42. The number of rotatable bonds is 6. The highest BCUT2D eigenvalue weighted by molar-refractivity contribution is 6.24. The fourth-order valence-corrected chi connectivity index (χ4v) is 2.38. The minimum absolute atomic E-state index is 0.0380. The second kappa shape index (κ2) is 7.85. The maximum Gasteiger partial charge on any atom is 0.269 e. The molecule has 0 aliphatic heterocycles. The third kappa shape index (κ3) is 3.99. The van der Waals surface area contributed by atoms with Crippen LogP contribution in [-0.4, -0.2) is 20.3 Å². The van der Waals surface area contributed by atoms with Gasteiger partial charge in [0.1, 0.15) is 0 Å². The van der Waals surface area contributed by atoms with Crippen molar-refractivity contribution in [1.29, 1.82) is 0 Å². The number of allylic oxidation sites excluding steroid dienone is 3. The fraction of sp³-hybridized carbons (Fsp3) is 0. The van der Waals surface area contributed by atoms with Crippen molar-refractivity contribution in [1.82, 2.24) is 9.55 Å². The van der Waals surface area contributed by atoms with Crippen molar-refractivity contribution < 1.29 is 9.72 Å². The number of hydrogen-bond acceptors (Lipinski definition) is 4. The van der Waals surface area contributed by atoms with Gasteiger partial charge in [-0.25, -0.2) is 4.98 Å². The lowest BCUT2D eigenvalue weighted by Gasteiger charge is -2.06. The van der Waals surface area contributed by atoms with Crippen LogP contribution < -0.4 is 0 Å². The minimum atomic E-state index is -0.441. The average molecular weight is 345 g/mol. The summed E-state index contributed by atoms with van der Waals surface area (Å²) in [4.78, 5) is 27.0. The summed E-state index contributed by atoms with van der Waals surface area (Å²) in [5.74, 6) is -0.128. The topological polar surface area (TPSA) is 78.0 Å². The molecule has 0 amide bonds. The Labute approximate surface area is 149 Å². The monoisotopic (exact) mass is 345 g/mol. The molecule has 6 nitrogen and oxygen atoms in total. The van der Waals surface area contributed by atoms with E-state index in [0.29, 0.717) is 11.3 Å². The van der Waals surface area contributed by atoms with Gasteiger partial charge in [0.05, 0.1) is 16.9 Å². The smallest absolute Gasteiger partial charge is 0.269 e. The summed E-state index contributed by atoms with van der Waals surface area (Å²) < 4.78 is 1.65. The molecule has 0 spiro atoms. The van der Waals surface area contributed by atoms with Crippen LogP contribution >= 0.6 is 0 Å². The molecule has 1 heterocycles. The normalized spacial score (nSPS) is 11.6. The summed E-state index contributed by atoms with van der Waals surface area (Å²) in [6.07, 6.45) is 10.1. The van der Waals surface area contributed by atoms with Crippen LogP contribution in [0.4, 0.5) is 5.69 Å². The number of hydrogen-bond donors (Lipinski definition) is 0. The largest absolute Gasteiger partial charge is 0.303 e. The number of ketones is 1. The Morgan fingerprint density at radius 2 is 1.81 bits per heavy atom. The molecule has 3 aromatic rings. The van der Waals surface area contributed by atoms with Crippen LogP contribution in [0.2, 0.25) is 0 Å². The number of non-ortho nitro benzene ring substituents is 1. The first-order valence-electron chi connectivity index (χ1n) is 7.86. The van der Waals surface area contributed by atoms with Crippen molar-refractivity contribution in [3.05, 3.63) is 107 Å². The van der Waals surface area contributed by atoms with E-state index in [2.05, 4.69) is 4.98 Å². The lowest BCUT2D eigenvalue weighted by atomic mass is 10.1. The van der Waals surface area contributed by atoms with E-state index in [0.717, 1.165) is 5.56 Å². The first-order chi connectivity index (χ1) is 12.6. The molecule has 0 aliphatic rings. The van der Waals surface area contributed by atoms with Gasteiger partial charge in [0, 0.05) is 30.1 Å². The number of carbonyl (C=O) groups is 1. The fourth-order valence-electron chi connectivity index (χ4n) is 2.38. The quantitative estimate of drug-likeness (QED) is 0.220. The molecule has 0 unspecified atom stereocenters. The Morgan fingerprint density at radius 3 is 2.42 bits per heavy atom. The van der Waals surface area contributed by atoms with Gasteiger partial charge in [-0.15, -0.1) is 0 Å². The Balaban J connectivity index is 1.87. The predicted molar refractivity (Wildman–Crippen MR) is 99.4 cm³/mol. The van der Waals surface area contributed by atoms with Crippen molar-refractivity contribution in [2.75, 3.05) is 0 Å². The van der Waals surface area contributed by atoms with E-state index in [-0.39, 0.29) is 11.5 Å². The Kier molecular flexibility index (Phi) is 5.14. The van der Waals surface area contributed by atoms with Gasteiger partial charge in [-0.05, 0) is 23.8 Å². The number of benzene rings is 2. The van der Waals surface area contributed by atoms with Gasteiger partial charge in [0.25, 0.3) is 5.69 Å². The van der Waals surface area contributed by atoms with Crippen molar-refractivity contribution in [2.45, 2.75) is 0 Å². The van der Waals surface area contributed by atoms with Crippen molar-refractivity contribution in [3.8, 4) is 0 Å². The van der Waals surface area contributed by atoms with Crippen LogP contribution in [0.1, 0.15) is 15.9 Å². The predicted octanol–water partition coefficient (Wildman–Crippen LogP) is 4.23. The number of nitro benzene ring substituents is 1. The standard InChI is InChI=1S/C20H15N3O3/c24-20(17-6-2-1-3-7-17)19(22-14-13-21-15-22)8-4-5-16-9-11-18(12-10-16)23(25)26/h1-15H/b5-4+,19-8-. The number of aromatic nitrogens is 2. The Hall–Kier alpha value is -3.80. The van der Waals surface area contributed by atoms with Gasteiger partial charge in [-0.2, -0.15) is 0 Å². The van der Waals surface area contributed by atoms with Crippen molar-refractivity contribution >= 4 is 23.2 Å². The van der Waals surface area contributed by atoms with E-state index in [1.54, 1.807) is 65.8 Å². The van der Waals surface area contributed by atoms with E-state index in [1.807, 2.05) is 18.2 Å². The van der Waals surface area contributed by atoms with Crippen molar-refractivity contribution in [3.63, 3.8) is 0 Å². The van der Waals surface area contributed by atoms with Crippen LogP contribution in [-0.2, 0) is 0 Å². The lowest BCUT2D eigenvalue weighted by Crippen LogP contribution is -2.07. The molecule has 0 atom stereocenters. The first-order valence-corrected chi connectivity index (χ1v) is 7.86. The zero-order chi connectivity index (χ0) is 18.4. The summed E-state index contributed by atoms with van der Waals surface area (Å²) >= 11 is 0. The van der Waals surface area contributed by atoms with E-state index in [4.69, 9.17) is 0 Å². The summed E-state index contributed by atoms with van der Waals surface area (Å²) in [5.41, 5.74) is 1.86. The van der Waals surface area contributed by atoms with Gasteiger partial charge in [0.15, 0.2) is 0 Å². The maximum absolute atomic E-state index is 12.8. The molecule has 0 radical (unpaired) electrons. The molecular weight excluding hydrogens is 330 g/mol. The van der Waals surface area contributed by atoms with E-state index in [9.17, 15) is 14.9 Å². The molecule has 0 saturated heterocycles. The minimum Gasteiger partial charge on any atom is -0.303 e. The molecule has 6 heteroatoms. The zero-order valence-electron chi connectivity index (χ0n) is 13.7. The van der Waals surface area contributed by atoms with Gasteiger partial charge >= 0.3 is 0 Å². The molecule has 26 heavy (non-hydrogen) atoms. The number of imidazole rings is 1. The van der Waals surface area contributed by atoms with Crippen LogP contribution in [0.15, 0.2) is 85.5 Å². The number of carbonyl (C=O) groups excluding carboxylic acids is 1. The number of Topliss-reactive ketones (excluding diaryl/α,β-unsaturated/α-hetero) is 1. The number of nitro groups is 1. The molecule has 0 fully saturated rings. The summed E-state index contributed by atoms with van der Waals surface area (Å²) in [6, 6.07) is 15.2. The molecule has 0 bridgehead atoms. The average Bonchev–Trinajstić information content (AvgIpc) is 3.20. The highest BCUT2D eigenvalue weighted by atomic mass is 16.6. The van der Waals surface area contributed by atoms with Gasteiger partial charge < -0.3 is 4.57 Å². The molecule has 3 rings (SSSR count). The highest BCUT2D eigenvalue weighted by Crippen LogP contribution is 2.15. The molecule has 2 aromatic carbocycles. The SMILES string of the molecule is O=C(/C(=C/C=C/c1ccc([N+](=O)[O-])cc1)n1ccnc1)c1ccccc1. The summed E-state index contributed by atoms with van der Waals surface area (Å²) in [5, 5.41) is 10.7. The molecule has 0 saturated carbocycles. The summed E-state index contributed by atoms with van der Waals surface area (Å²) in [7, 11) is 0. The Bertz CT molecular complexity index is 957. The van der Waals surface area contributed by atoms with Crippen molar-refractivity contribution in [2.24, 2.45) is 0 Å². The van der Waals surface area contributed by atoms with E-state index < -0.39 is 4.92 Å². The van der Waals surface area contributed by atoms with Gasteiger partial charge in [-0.1, -0.05) is 42.5 Å². The third-order valence-electron chi connectivity index (χ3n) is 3.70. The molecule has 1 aromatic heterocycles. The van der Waals surface area contributed by atoms with Crippen LogP contribution in [0, 0.1) is 10.1 Å². The molecule has 0 aliphatic carbocycles. The first kappa shape index (κ1) is 17.0. The molecule has 0 N–H and O–H groups in total. The number of nitrogens with zero attached hydrogens (tertiary/aromatic N) is 3.